The maximum absolute atomic E-state index is 11.8. The van der Waals surface area contributed by atoms with Crippen LogP contribution in [0.3, 0.4) is 0 Å². The van der Waals surface area contributed by atoms with Gasteiger partial charge in [0.05, 0.1) is 6.61 Å². The molecule has 2 fully saturated rings. The van der Waals surface area contributed by atoms with Crippen LogP contribution >= 0.6 is 0 Å². The van der Waals surface area contributed by atoms with Gasteiger partial charge in [0.15, 0.2) is 5.54 Å². The van der Waals surface area contributed by atoms with Crippen molar-refractivity contribution >= 4 is 12.0 Å². The van der Waals surface area contributed by atoms with E-state index in [1.807, 2.05) is 0 Å². The number of carbonyl (C=O) groups is 2. The number of ether oxygens (including phenoxy) is 1. The van der Waals surface area contributed by atoms with Gasteiger partial charge < -0.3 is 20.1 Å². The second-order valence-electron chi connectivity index (χ2n) is 4.46. The smallest absolute Gasteiger partial charge is 0.332 e. The summed E-state index contributed by atoms with van der Waals surface area (Å²) in [6.45, 7) is 0.423. The van der Waals surface area contributed by atoms with Gasteiger partial charge in [0.25, 0.3) is 0 Å². The second kappa shape index (κ2) is 3.93. The molecular weight excluding hydrogens is 212 g/mol. The van der Waals surface area contributed by atoms with Crippen molar-refractivity contribution in [3.63, 3.8) is 0 Å². The summed E-state index contributed by atoms with van der Waals surface area (Å²) in [5.74, 6) is -1.03. The first-order chi connectivity index (χ1) is 7.55. The molecule has 6 heteroatoms. The van der Waals surface area contributed by atoms with E-state index in [2.05, 4.69) is 5.32 Å². The molecule has 90 valence electrons. The van der Waals surface area contributed by atoms with E-state index in [4.69, 9.17) is 9.84 Å². The number of hydrogen-bond donors (Lipinski definition) is 2. The Balaban J connectivity index is 2.00. The Morgan fingerprint density at radius 2 is 2.19 bits per heavy atom. The topological polar surface area (TPSA) is 78.9 Å². The average molecular weight is 228 g/mol. The van der Waals surface area contributed by atoms with Gasteiger partial charge in [-0.2, -0.15) is 0 Å². The fourth-order valence-electron chi connectivity index (χ4n) is 1.81. The van der Waals surface area contributed by atoms with Gasteiger partial charge in [-0.15, -0.1) is 0 Å². The minimum absolute atomic E-state index is 0.0482. The highest BCUT2D eigenvalue weighted by Gasteiger charge is 2.45. The summed E-state index contributed by atoms with van der Waals surface area (Å²) in [7, 11) is 1.69. The monoisotopic (exact) mass is 228 g/mol. The van der Waals surface area contributed by atoms with Crippen LogP contribution in [0.5, 0.6) is 0 Å². The molecule has 2 aliphatic rings. The molecule has 2 amide bonds. The van der Waals surface area contributed by atoms with E-state index in [1.165, 1.54) is 0 Å². The van der Waals surface area contributed by atoms with Crippen LogP contribution in [-0.4, -0.2) is 53.8 Å². The molecule has 1 aliphatic heterocycles. The van der Waals surface area contributed by atoms with Crippen LogP contribution in [0, 0.1) is 0 Å². The molecule has 1 saturated heterocycles. The molecule has 1 saturated carbocycles. The summed E-state index contributed by atoms with van der Waals surface area (Å²) < 4.78 is 5.06. The Morgan fingerprint density at radius 1 is 1.50 bits per heavy atom. The predicted molar refractivity (Wildman–Crippen MR) is 55.1 cm³/mol. The molecule has 0 aromatic rings. The summed E-state index contributed by atoms with van der Waals surface area (Å²) in [6.07, 6.45) is 2.33. The number of nitrogens with one attached hydrogen (secondary N) is 1. The van der Waals surface area contributed by atoms with E-state index in [0.717, 1.165) is 12.8 Å². The van der Waals surface area contributed by atoms with Crippen LogP contribution in [-0.2, 0) is 9.53 Å². The van der Waals surface area contributed by atoms with Crippen LogP contribution in [0.15, 0.2) is 0 Å². The van der Waals surface area contributed by atoms with E-state index in [1.54, 1.807) is 11.9 Å². The van der Waals surface area contributed by atoms with Crippen molar-refractivity contribution in [1.82, 2.24) is 10.2 Å². The van der Waals surface area contributed by atoms with E-state index in [-0.39, 0.29) is 18.7 Å². The normalized spacial score (nSPS) is 28.8. The number of carboxylic acids is 1. The molecule has 0 spiro atoms. The largest absolute Gasteiger partial charge is 0.479 e. The lowest BCUT2D eigenvalue weighted by molar-refractivity contribution is -0.144. The van der Waals surface area contributed by atoms with Gasteiger partial charge in [-0.05, 0) is 12.8 Å². The number of carbonyl (C=O) groups excluding carboxylic acids is 1. The molecule has 1 heterocycles. The highest BCUT2D eigenvalue weighted by atomic mass is 16.5. The van der Waals surface area contributed by atoms with Gasteiger partial charge in [0.2, 0.25) is 0 Å². The van der Waals surface area contributed by atoms with Crippen molar-refractivity contribution in [1.29, 1.82) is 0 Å². The van der Waals surface area contributed by atoms with Crippen LogP contribution in [0.25, 0.3) is 0 Å². The van der Waals surface area contributed by atoms with E-state index >= 15 is 0 Å². The summed E-state index contributed by atoms with van der Waals surface area (Å²) in [5, 5.41) is 11.7. The molecule has 1 atom stereocenters. The molecule has 1 aliphatic carbocycles. The molecule has 0 radical (unpaired) electrons. The zero-order chi connectivity index (χ0) is 11.8. The summed E-state index contributed by atoms with van der Waals surface area (Å²) in [5.41, 5.74) is -1.24. The Labute approximate surface area is 93.6 Å². The number of rotatable bonds is 3. The molecule has 0 bridgehead atoms. The lowest BCUT2D eigenvalue weighted by Gasteiger charge is -2.27. The van der Waals surface area contributed by atoms with Gasteiger partial charge in [0, 0.05) is 26.1 Å². The van der Waals surface area contributed by atoms with Crippen molar-refractivity contribution in [2.75, 3.05) is 20.3 Å². The fourth-order valence-corrected chi connectivity index (χ4v) is 1.81. The minimum Gasteiger partial charge on any atom is -0.479 e. The average Bonchev–Trinajstić information content (AvgIpc) is 2.98. The number of aliphatic carboxylic acids is 1. The Morgan fingerprint density at radius 3 is 2.62 bits per heavy atom. The van der Waals surface area contributed by atoms with E-state index < -0.39 is 11.5 Å². The van der Waals surface area contributed by atoms with Crippen LogP contribution in [0.4, 0.5) is 4.79 Å². The molecule has 2 rings (SSSR count). The van der Waals surface area contributed by atoms with Gasteiger partial charge in [0.1, 0.15) is 0 Å². The Kier molecular flexibility index (Phi) is 2.75. The van der Waals surface area contributed by atoms with Crippen molar-refractivity contribution in [2.24, 2.45) is 0 Å². The highest BCUT2D eigenvalue weighted by Crippen LogP contribution is 2.26. The fraction of sp³-hybridized carbons (Fsp3) is 0.800. The first-order valence-electron chi connectivity index (χ1n) is 5.41. The maximum atomic E-state index is 11.8. The van der Waals surface area contributed by atoms with Crippen molar-refractivity contribution < 1.29 is 19.4 Å². The number of urea groups is 1. The van der Waals surface area contributed by atoms with Gasteiger partial charge in [-0.25, -0.2) is 9.59 Å². The van der Waals surface area contributed by atoms with Crippen molar-refractivity contribution in [3.05, 3.63) is 0 Å². The first kappa shape index (κ1) is 11.2. The molecule has 0 aromatic carbocycles. The third-order valence-corrected chi connectivity index (χ3v) is 3.19. The van der Waals surface area contributed by atoms with Gasteiger partial charge in [-0.3, -0.25) is 0 Å². The second-order valence-corrected chi connectivity index (χ2v) is 4.46. The van der Waals surface area contributed by atoms with Crippen LogP contribution in [0.2, 0.25) is 0 Å². The van der Waals surface area contributed by atoms with Gasteiger partial charge >= 0.3 is 12.0 Å². The summed E-state index contributed by atoms with van der Waals surface area (Å²) >= 11 is 0. The summed E-state index contributed by atoms with van der Waals surface area (Å²) in [4.78, 5) is 24.5. The maximum Gasteiger partial charge on any atom is 0.332 e. The third kappa shape index (κ3) is 1.97. The summed E-state index contributed by atoms with van der Waals surface area (Å²) in [6, 6.07) is -0.0523. The number of amides is 2. The zero-order valence-electron chi connectivity index (χ0n) is 9.23. The number of nitrogens with zero attached hydrogens (tertiary/aromatic N) is 1. The Bertz CT molecular complexity index is 308. The first-order valence-corrected chi connectivity index (χ1v) is 5.41. The molecular formula is C10H16N2O4. The highest BCUT2D eigenvalue weighted by molar-refractivity contribution is 5.86. The standard InChI is InChI=1S/C10H16N2O4/c1-12(7-2-3-7)9(15)11-10(8(13)14)4-5-16-6-10/h7H,2-6H2,1H3,(H,11,15)(H,13,14). The van der Waals surface area contributed by atoms with Crippen molar-refractivity contribution in [2.45, 2.75) is 30.8 Å². The minimum atomic E-state index is -1.24. The zero-order valence-corrected chi connectivity index (χ0v) is 9.23. The number of hydrogen-bond acceptors (Lipinski definition) is 3. The molecule has 0 aromatic heterocycles. The van der Waals surface area contributed by atoms with Crippen molar-refractivity contribution in [3.8, 4) is 0 Å². The molecule has 2 N–H and O–H groups in total. The quantitative estimate of drug-likeness (QED) is 0.714. The predicted octanol–water partition coefficient (Wildman–Crippen LogP) is 0.0339. The lowest BCUT2D eigenvalue weighted by Crippen LogP contribution is -2.58. The molecule has 6 nitrogen and oxygen atoms in total. The lowest BCUT2D eigenvalue weighted by atomic mass is 9.99. The molecule has 16 heavy (non-hydrogen) atoms. The number of carboxylic acid groups (broad SMARTS) is 1. The molecule has 1 unspecified atom stereocenters. The van der Waals surface area contributed by atoms with E-state index in [0.29, 0.717) is 13.0 Å². The third-order valence-electron chi connectivity index (χ3n) is 3.19. The van der Waals surface area contributed by atoms with Crippen LogP contribution in [0.1, 0.15) is 19.3 Å². The Hall–Kier alpha value is -1.30. The van der Waals surface area contributed by atoms with Gasteiger partial charge in [-0.1, -0.05) is 0 Å². The van der Waals surface area contributed by atoms with E-state index in [9.17, 15) is 9.59 Å². The SMILES string of the molecule is CN(C(=O)NC1(C(=O)O)CCOC1)C1CC1. The van der Waals surface area contributed by atoms with Crippen LogP contribution < -0.4 is 5.32 Å².